The fraction of sp³-hybridized carbons (Fsp3) is 0.538. The lowest BCUT2D eigenvalue weighted by Gasteiger charge is -2.39. The van der Waals surface area contributed by atoms with E-state index in [1.54, 1.807) is 6.92 Å². The van der Waals surface area contributed by atoms with Crippen molar-refractivity contribution in [3.8, 4) is 11.1 Å². The number of nitrogens with one attached hydrogen (secondary N) is 2. The monoisotopic (exact) mass is 490 g/mol. The molecule has 1 aliphatic carbocycles. The lowest BCUT2D eigenvalue weighted by atomic mass is 9.77. The number of benzene rings is 1. The molecule has 2 aromatic rings. The Morgan fingerprint density at radius 2 is 1.89 bits per heavy atom. The molecule has 1 saturated carbocycles. The van der Waals surface area contributed by atoms with E-state index in [9.17, 15) is 22.4 Å². The summed E-state index contributed by atoms with van der Waals surface area (Å²) in [4.78, 5) is 19.7. The van der Waals surface area contributed by atoms with Crippen LogP contribution in [0.5, 0.6) is 0 Å². The number of hydrogen-bond donors (Lipinski definition) is 2. The molecule has 1 aromatic heterocycles. The predicted octanol–water partition coefficient (Wildman–Crippen LogP) is 4.91. The molecular formula is C26H30F4N4O. The van der Waals surface area contributed by atoms with E-state index in [-0.39, 0.29) is 29.9 Å². The zero-order chi connectivity index (χ0) is 25.0. The predicted molar refractivity (Wildman–Crippen MR) is 126 cm³/mol. The van der Waals surface area contributed by atoms with Crippen molar-refractivity contribution in [2.75, 3.05) is 18.0 Å². The Kier molecular flexibility index (Phi) is 6.02. The van der Waals surface area contributed by atoms with Gasteiger partial charge in [-0.2, -0.15) is 0 Å². The Morgan fingerprint density at radius 3 is 2.51 bits per heavy atom. The Morgan fingerprint density at radius 1 is 1.17 bits per heavy atom. The Balaban J connectivity index is 1.50. The highest BCUT2D eigenvalue weighted by atomic mass is 19.3. The fourth-order valence-corrected chi connectivity index (χ4v) is 5.89. The first kappa shape index (κ1) is 24.0. The summed E-state index contributed by atoms with van der Waals surface area (Å²) in [6, 6.07) is 3.22. The third kappa shape index (κ3) is 4.75. The first-order chi connectivity index (χ1) is 16.5. The maximum absolute atomic E-state index is 14.1. The van der Waals surface area contributed by atoms with E-state index in [4.69, 9.17) is 0 Å². The van der Waals surface area contributed by atoms with Crippen molar-refractivity contribution in [3.05, 3.63) is 47.8 Å². The van der Waals surface area contributed by atoms with Gasteiger partial charge in [0.05, 0.1) is 11.3 Å². The summed E-state index contributed by atoms with van der Waals surface area (Å²) < 4.78 is 54.9. The van der Waals surface area contributed by atoms with Gasteiger partial charge in [-0.3, -0.25) is 9.78 Å². The van der Waals surface area contributed by atoms with Crippen molar-refractivity contribution in [2.24, 2.45) is 5.92 Å². The third-order valence-electron chi connectivity index (χ3n) is 7.80. The van der Waals surface area contributed by atoms with E-state index in [0.717, 1.165) is 25.3 Å². The number of halogens is 4. The Labute approximate surface area is 202 Å². The highest BCUT2D eigenvalue weighted by Crippen LogP contribution is 2.44. The number of alkyl halides is 2. The third-order valence-corrected chi connectivity index (χ3v) is 7.80. The second-order valence-corrected chi connectivity index (χ2v) is 10.6. The molecule has 1 aromatic carbocycles. The van der Waals surface area contributed by atoms with Crippen molar-refractivity contribution in [2.45, 2.75) is 69.5 Å². The molecule has 5 nitrogen and oxygen atoms in total. The zero-order valence-corrected chi connectivity index (χ0v) is 19.9. The number of hydrogen-bond acceptors (Lipinski definition) is 4. The summed E-state index contributed by atoms with van der Waals surface area (Å²) in [5.74, 6) is -4.84. The second-order valence-electron chi connectivity index (χ2n) is 10.6. The molecule has 3 aliphatic rings. The molecule has 3 heterocycles. The number of carbonyl (C=O) groups is 1. The summed E-state index contributed by atoms with van der Waals surface area (Å²) in [6.07, 6.45) is 5.41. The van der Waals surface area contributed by atoms with Crippen LogP contribution in [0.25, 0.3) is 11.1 Å². The second kappa shape index (κ2) is 8.76. The van der Waals surface area contributed by atoms with Crippen molar-refractivity contribution in [3.63, 3.8) is 0 Å². The molecule has 2 saturated heterocycles. The van der Waals surface area contributed by atoms with Crippen molar-refractivity contribution < 1.29 is 22.4 Å². The maximum Gasteiger partial charge on any atom is 0.255 e. The molecule has 5 rings (SSSR count). The molecule has 3 atom stereocenters. The van der Waals surface area contributed by atoms with E-state index >= 15 is 0 Å². The number of aromatic nitrogens is 1. The molecule has 0 unspecified atom stereocenters. The lowest BCUT2D eigenvalue weighted by Crippen LogP contribution is -2.48. The van der Waals surface area contributed by atoms with Gasteiger partial charge in [0, 0.05) is 67.6 Å². The van der Waals surface area contributed by atoms with E-state index in [0.29, 0.717) is 35.9 Å². The fourth-order valence-electron chi connectivity index (χ4n) is 5.89. The SMILES string of the molecule is C[C@H]1CC[C@@]2(CCN(c3c(C(=O)N[C@H](C)C4CC(F)(F)C4)cncc3-c3cc(F)cc(F)c3)C2)N1. The molecule has 188 valence electrons. The first-order valence-corrected chi connectivity index (χ1v) is 12.2. The van der Waals surface area contributed by atoms with Gasteiger partial charge in [0.25, 0.3) is 5.91 Å². The van der Waals surface area contributed by atoms with Crippen LogP contribution in [0.1, 0.15) is 56.3 Å². The highest BCUT2D eigenvalue weighted by molar-refractivity contribution is 6.03. The van der Waals surface area contributed by atoms with Crippen LogP contribution >= 0.6 is 0 Å². The van der Waals surface area contributed by atoms with Crippen LogP contribution in [0.4, 0.5) is 23.2 Å². The van der Waals surface area contributed by atoms with E-state index < -0.39 is 29.5 Å². The van der Waals surface area contributed by atoms with Crippen LogP contribution in [0.15, 0.2) is 30.6 Å². The van der Waals surface area contributed by atoms with Crippen LogP contribution in [0.2, 0.25) is 0 Å². The van der Waals surface area contributed by atoms with Crippen molar-refractivity contribution in [1.82, 2.24) is 15.6 Å². The van der Waals surface area contributed by atoms with Gasteiger partial charge in [0.1, 0.15) is 11.6 Å². The normalized spacial score (nSPS) is 26.7. The van der Waals surface area contributed by atoms with Gasteiger partial charge in [-0.05, 0) is 56.7 Å². The van der Waals surface area contributed by atoms with Crippen LogP contribution in [-0.2, 0) is 0 Å². The van der Waals surface area contributed by atoms with Crippen LogP contribution in [0.3, 0.4) is 0 Å². The Hall–Kier alpha value is -2.68. The molecule has 3 fully saturated rings. The van der Waals surface area contributed by atoms with Crippen molar-refractivity contribution >= 4 is 11.6 Å². The largest absolute Gasteiger partial charge is 0.368 e. The van der Waals surface area contributed by atoms with Crippen LogP contribution in [-0.4, -0.2) is 47.5 Å². The van der Waals surface area contributed by atoms with E-state index in [1.165, 1.54) is 24.5 Å². The molecule has 1 amide bonds. The standard InChI is InChI=1S/C26H30F4N4O/c1-15-3-4-25(33-15)5-6-34(14-25)23-21(17-7-19(27)9-20(28)8-17)12-31-13-22(23)24(35)32-16(2)18-10-26(29,30)11-18/h7-9,12-13,15-16,18,33H,3-6,10-11,14H2,1-2H3,(H,32,35)/t15-,16+,25-/m0/s1. The number of rotatable bonds is 5. The summed E-state index contributed by atoms with van der Waals surface area (Å²) in [7, 11) is 0. The number of carbonyl (C=O) groups excluding carboxylic acids is 1. The van der Waals surface area contributed by atoms with Crippen molar-refractivity contribution in [1.29, 1.82) is 0 Å². The Bertz CT molecular complexity index is 1110. The maximum atomic E-state index is 14.1. The van der Waals surface area contributed by atoms with Crippen LogP contribution in [0, 0.1) is 17.6 Å². The summed E-state index contributed by atoms with van der Waals surface area (Å²) >= 11 is 0. The average Bonchev–Trinajstić information content (AvgIpc) is 3.35. The van der Waals surface area contributed by atoms with Gasteiger partial charge in [-0.15, -0.1) is 0 Å². The molecule has 1 spiro atoms. The van der Waals surface area contributed by atoms with Gasteiger partial charge in [-0.25, -0.2) is 17.6 Å². The quantitative estimate of drug-likeness (QED) is 0.585. The van der Waals surface area contributed by atoms with Gasteiger partial charge in [0.15, 0.2) is 0 Å². The van der Waals surface area contributed by atoms with E-state index in [2.05, 4.69) is 27.4 Å². The summed E-state index contributed by atoms with van der Waals surface area (Å²) in [6.45, 7) is 5.19. The molecule has 0 bridgehead atoms. The molecule has 35 heavy (non-hydrogen) atoms. The van der Waals surface area contributed by atoms with Gasteiger partial charge in [0.2, 0.25) is 5.92 Å². The zero-order valence-electron chi connectivity index (χ0n) is 19.9. The van der Waals surface area contributed by atoms with E-state index in [1.807, 2.05) is 0 Å². The lowest BCUT2D eigenvalue weighted by molar-refractivity contribution is -0.117. The number of anilines is 1. The topological polar surface area (TPSA) is 57.3 Å². The molecule has 9 heteroatoms. The number of amides is 1. The minimum Gasteiger partial charge on any atom is -0.368 e. The van der Waals surface area contributed by atoms with Gasteiger partial charge >= 0.3 is 0 Å². The molecule has 2 N–H and O–H groups in total. The summed E-state index contributed by atoms with van der Waals surface area (Å²) in [5.41, 5.74) is 1.51. The highest BCUT2D eigenvalue weighted by Gasteiger charge is 2.48. The van der Waals surface area contributed by atoms with Gasteiger partial charge < -0.3 is 15.5 Å². The average molecular weight is 491 g/mol. The smallest absolute Gasteiger partial charge is 0.255 e. The van der Waals surface area contributed by atoms with Crippen LogP contribution < -0.4 is 15.5 Å². The minimum absolute atomic E-state index is 0.0777. The van der Waals surface area contributed by atoms with Gasteiger partial charge in [-0.1, -0.05) is 0 Å². The number of pyridine rings is 1. The molecular weight excluding hydrogens is 460 g/mol. The summed E-state index contributed by atoms with van der Waals surface area (Å²) in [5, 5.41) is 6.54. The first-order valence-electron chi connectivity index (χ1n) is 12.2. The minimum atomic E-state index is -2.67. The number of nitrogens with zero attached hydrogens (tertiary/aromatic N) is 2. The molecule has 2 aliphatic heterocycles. The molecule has 0 radical (unpaired) electrons.